The summed E-state index contributed by atoms with van der Waals surface area (Å²) in [7, 11) is 1.56. The van der Waals surface area contributed by atoms with Gasteiger partial charge in [-0.2, -0.15) is 0 Å². The Bertz CT molecular complexity index is 423. The second-order valence-electron chi connectivity index (χ2n) is 4.63. The summed E-state index contributed by atoms with van der Waals surface area (Å²) in [6.45, 7) is 4.40. The quantitative estimate of drug-likeness (QED) is 0.765. The third-order valence-electron chi connectivity index (χ3n) is 3.55. The van der Waals surface area contributed by atoms with Crippen LogP contribution in [0.5, 0.6) is 5.75 Å². The molecule has 1 rings (SSSR count). The van der Waals surface area contributed by atoms with Crippen molar-refractivity contribution in [3.63, 3.8) is 0 Å². The number of nitrogens with one attached hydrogen (secondary N) is 1. The van der Waals surface area contributed by atoms with Gasteiger partial charge in [0.05, 0.1) is 18.4 Å². The molecule has 0 saturated carbocycles. The Morgan fingerprint density at radius 1 is 1.30 bits per heavy atom. The molecule has 0 saturated heterocycles. The first-order valence-electron chi connectivity index (χ1n) is 6.87. The topological polar surface area (TPSA) is 73.6 Å². The van der Waals surface area contributed by atoms with E-state index in [1.54, 1.807) is 19.2 Å². The third-order valence-corrected chi connectivity index (χ3v) is 3.55. The van der Waals surface area contributed by atoms with Crippen molar-refractivity contribution in [2.75, 3.05) is 25.6 Å². The Hall–Kier alpha value is -1.59. The third kappa shape index (κ3) is 4.21. The first-order chi connectivity index (χ1) is 9.60. The van der Waals surface area contributed by atoms with E-state index in [4.69, 9.17) is 15.2 Å². The molecule has 0 aliphatic carbocycles. The van der Waals surface area contributed by atoms with Crippen LogP contribution < -0.4 is 15.8 Å². The molecular weight excluding hydrogens is 256 g/mol. The van der Waals surface area contributed by atoms with E-state index in [-0.39, 0.29) is 12.5 Å². The molecule has 0 spiro atoms. The van der Waals surface area contributed by atoms with Crippen LogP contribution in [0.3, 0.4) is 0 Å². The van der Waals surface area contributed by atoms with Gasteiger partial charge in [0, 0.05) is 6.54 Å². The lowest BCUT2D eigenvalue weighted by atomic mass is 9.97. The standard InChI is InChI=1S/C15H24N2O3/c1-4-15(5-2,11-16)20-10-14(18)17-12-8-6-7-9-13(12)19-3/h6-9H,4-5,10-11,16H2,1-3H3,(H,17,18). The van der Waals surface area contributed by atoms with Crippen LogP contribution in [-0.2, 0) is 9.53 Å². The lowest BCUT2D eigenvalue weighted by Crippen LogP contribution is -2.41. The number of carbonyl (C=O) groups is 1. The SMILES string of the molecule is CCC(CC)(CN)OCC(=O)Nc1ccccc1OC. The molecule has 5 heteroatoms. The fourth-order valence-electron chi connectivity index (χ4n) is 1.95. The van der Waals surface area contributed by atoms with E-state index in [1.165, 1.54) is 0 Å². The average Bonchev–Trinajstić information content (AvgIpc) is 2.50. The van der Waals surface area contributed by atoms with E-state index in [2.05, 4.69) is 5.32 Å². The van der Waals surface area contributed by atoms with Crippen LogP contribution in [0.4, 0.5) is 5.69 Å². The minimum absolute atomic E-state index is 0.0169. The van der Waals surface area contributed by atoms with Crippen molar-refractivity contribution in [1.29, 1.82) is 0 Å². The van der Waals surface area contributed by atoms with Gasteiger partial charge >= 0.3 is 0 Å². The molecule has 0 aliphatic rings. The summed E-state index contributed by atoms with van der Waals surface area (Å²) in [5, 5.41) is 2.78. The monoisotopic (exact) mass is 280 g/mol. The maximum absolute atomic E-state index is 11.9. The molecule has 1 aromatic carbocycles. The number of ether oxygens (including phenoxy) is 2. The number of hydrogen-bond donors (Lipinski definition) is 2. The highest BCUT2D eigenvalue weighted by molar-refractivity contribution is 5.93. The van der Waals surface area contributed by atoms with E-state index < -0.39 is 5.60 Å². The highest BCUT2D eigenvalue weighted by atomic mass is 16.5. The Morgan fingerprint density at radius 3 is 2.50 bits per heavy atom. The van der Waals surface area contributed by atoms with E-state index in [0.717, 1.165) is 12.8 Å². The van der Waals surface area contributed by atoms with Crippen LogP contribution >= 0.6 is 0 Å². The average molecular weight is 280 g/mol. The Morgan fingerprint density at radius 2 is 1.95 bits per heavy atom. The Kier molecular flexibility index (Phi) is 6.48. The Balaban J connectivity index is 2.60. The molecule has 112 valence electrons. The first-order valence-corrected chi connectivity index (χ1v) is 6.87. The largest absolute Gasteiger partial charge is 0.495 e. The fraction of sp³-hybridized carbons (Fsp3) is 0.533. The molecule has 5 nitrogen and oxygen atoms in total. The molecule has 3 N–H and O–H groups in total. The summed E-state index contributed by atoms with van der Waals surface area (Å²) in [6.07, 6.45) is 1.56. The van der Waals surface area contributed by atoms with Gasteiger partial charge < -0.3 is 20.5 Å². The van der Waals surface area contributed by atoms with Crippen LogP contribution in [0.2, 0.25) is 0 Å². The molecule has 0 aromatic heterocycles. The number of methoxy groups -OCH3 is 1. The number of nitrogens with two attached hydrogens (primary N) is 1. The molecule has 0 atom stereocenters. The van der Waals surface area contributed by atoms with Crippen LogP contribution in [0.1, 0.15) is 26.7 Å². The highest BCUT2D eigenvalue weighted by Crippen LogP contribution is 2.23. The molecule has 20 heavy (non-hydrogen) atoms. The summed E-state index contributed by atoms with van der Waals surface area (Å²) in [5.74, 6) is 0.408. The van der Waals surface area contributed by atoms with Crippen molar-refractivity contribution in [1.82, 2.24) is 0 Å². The minimum atomic E-state index is -0.419. The molecule has 0 radical (unpaired) electrons. The second kappa shape index (κ2) is 7.87. The van der Waals surface area contributed by atoms with Gasteiger partial charge in [-0.05, 0) is 25.0 Å². The van der Waals surface area contributed by atoms with Crippen molar-refractivity contribution in [2.45, 2.75) is 32.3 Å². The van der Waals surface area contributed by atoms with Crippen LogP contribution in [0.15, 0.2) is 24.3 Å². The van der Waals surface area contributed by atoms with Gasteiger partial charge in [0.25, 0.3) is 5.91 Å². The van der Waals surface area contributed by atoms with E-state index >= 15 is 0 Å². The van der Waals surface area contributed by atoms with E-state index in [9.17, 15) is 4.79 Å². The van der Waals surface area contributed by atoms with Crippen molar-refractivity contribution >= 4 is 11.6 Å². The van der Waals surface area contributed by atoms with Crippen LogP contribution in [0, 0.1) is 0 Å². The predicted octanol–water partition coefficient (Wildman–Crippen LogP) is 2.17. The number of anilines is 1. The zero-order chi connectivity index (χ0) is 15.0. The maximum Gasteiger partial charge on any atom is 0.250 e. The molecule has 0 aliphatic heterocycles. The van der Waals surface area contributed by atoms with Crippen molar-refractivity contribution in [3.05, 3.63) is 24.3 Å². The maximum atomic E-state index is 11.9. The first kappa shape index (κ1) is 16.5. The summed E-state index contributed by atoms with van der Waals surface area (Å²) in [4.78, 5) is 11.9. The van der Waals surface area contributed by atoms with E-state index in [1.807, 2.05) is 26.0 Å². The van der Waals surface area contributed by atoms with Crippen molar-refractivity contribution in [2.24, 2.45) is 5.73 Å². The molecular formula is C15H24N2O3. The van der Waals surface area contributed by atoms with Gasteiger partial charge in [0.2, 0.25) is 0 Å². The molecule has 0 fully saturated rings. The van der Waals surface area contributed by atoms with Gasteiger partial charge in [0.1, 0.15) is 12.4 Å². The van der Waals surface area contributed by atoms with Crippen molar-refractivity contribution < 1.29 is 14.3 Å². The molecule has 1 aromatic rings. The molecule has 0 heterocycles. The van der Waals surface area contributed by atoms with Gasteiger partial charge in [-0.3, -0.25) is 4.79 Å². The summed E-state index contributed by atoms with van der Waals surface area (Å²) in [5.41, 5.74) is 5.95. The van der Waals surface area contributed by atoms with E-state index in [0.29, 0.717) is 18.0 Å². The van der Waals surface area contributed by atoms with Crippen molar-refractivity contribution in [3.8, 4) is 5.75 Å². The zero-order valence-electron chi connectivity index (χ0n) is 12.4. The predicted molar refractivity (Wildman–Crippen MR) is 79.9 cm³/mol. The highest BCUT2D eigenvalue weighted by Gasteiger charge is 2.26. The minimum Gasteiger partial charge on any atom is -0.495 e. The number of benzene rings is 1. The number of amides is 1. The lowest BCUT2D eigenvalue weighted by molar-refractivity contribution is -0.128. The zero-order valence-corrected chi connectivity index (χ0v) is 12.4. The van der Waals surface area contributed by atoms with Gasteiger partial charge in [-0.1, -0.05) is 26.0 Å². The summed E-state index contributed by atoms with van der Waals surface area (Å²) >= 11 is 0. The van der Waals surface area contributed by atoms with Gasteiger partial charge in [0.15, 0.2) is 0 Å². The van der Waals surface area contributed by atoms with Gasteiger partial charge in [-0.25, -0.2) is 0 Å². The lowest BCUT2D eigenvalue weighted by Gasteiger charge is -2.30. The molecule has 0 unspecified atom stereocenters. The normalized spacial score (nSPS) is 11.2. The smallest absolute Gasteiger partial charge is 0.250 e. The number of hydrogen-bond acceptors (Lipinski definition) is 4. The van der Waals surface area contributed by atoms with Gasteiger partial charge in [-0.15, -0.1) is 0 Å². The Labute approximate surface area is 120 Å². The molecule has 0 bridgehead atoms. The number of para-hydroxylation sites is 2. The van der Waals surface area contributed by atoms with Crippen LogP contribution in [0.25, 0.3) is 0 Å². The number of carbonyl (C=O) groups excluding carboxylic acids is 1. The second-order valence-corrected chi connectivity index (χ2v) is 4.63. The fourth-order valence-corrected chi connectivity index (χ4v) is 1.95. The number of rotatable bonds is 8. The summed E-state index contributed by atoms with van der Waals surface area (Å²) < 4.78 is 10.9. The summed E-state index contributed by atoms with van der Waals surface area (Å²) in [6, 6.07) is 7.26. The molecule has 1 amide bonds. The van der Waals surface area contributed by atoms with Crippen LogP contribution in [-0.4, -0.2) is 31.8 Å².